The number of carbonyl (C=O) groups is 1. The lowest BCUT2D eigenvalue weighted by Crippen LogP contribution is -2.34. The number of carboxylic acids is 1. The number of likely N-dealkylation sites (tertiary alicyclic amines) is 1. The molecule has 0 aromatic carbocycles. The summed E-state index contributed by atoms with van der Waals surface area (Å²) in [6.45, 7) is 5.93. The number of piperidine rings is 1. The number of nitrogens with zero attached hydrogens (tertiary/aromatic N) is 4. The van der Waals surface area contributed by atoms with Crippen molar-refractivity contribution in [2.75, 3.05) is 19.6 Å². The third-order valence-corrected chi connectivity index (χ3v) is 4.54. The van der Waals surface area contributed by atoms with E-state index >= 15 is 0 Å². The highest BCUT2D eigenvalue weighted by atomic mass is 16.4. The Morgan fingerprint density at radius 3 is 3.00 bits per heavy atom. The largest absolute Gasteiger partial charge is 0.481 e. The van der Waals surface area contributed by atoms with Crippen molar-refractivity contribution >= 4 is 5.97 Å². The second kappa shape index (κ2) is 5.52. The van der Waals surface area contributed by atoms with Crippen LogP contribution in [0.2, 0.25) is 0 Å². The van der Waals surface area contributed by atoms with Crippen molar-refractivity contribution in [2.24, 2.45) is 5.92 Å². The maximum Gasteiger partial charge on any atom is 0.308 e. The summed E-state index contributed by atoms with van der Waals surface area (Å²) in [7, 11) is 0. The number of carboxylic acid groups (broad SMARTS) is 1. The van der Waals surface area contributed by atoms with Crippen LogP contribution < -0.4 is 0 Å². The van der Waals surface area contributed by atoms with Gasteiger partial charge in [0.25, 0.3) is 0 Å². The molecular weight excluding hydrogens is 256 g/mol. The van der Waals surface area contributed by atoms with Crippen molar-refractivity contribution in [1.29, 1.82) is 0 Å². The highest BCUT2D eigenvalue weighted by Gasteiger charge is 2.29. The van der Waals surface area contributed by atoms with Gasteiger partial charge in [0.2, 0.25) is 0 Å². The quantitative estimate of drug-likeness (QED) is 0.897. The number of rotatable bonds is 3. The molecule has 110 valence electrons. The third-order valence-electron chi connectivity index (χ3n) is 4.54. The van der Waals surface area contributed by atoms with E-state index in [1.54, 1.807) is 0 Å². The van der Waals surface area contributed by atoms with Gasteiger partial charge in [-0.15, -0.1) is 0 Å². The molecule has 6 nitrogen and oxygen atoms in total. The first kappa shape index (κ1) is 13.5. The Morgan fingerprint density at radius 1 is 1.40 bits per heavy atom. The van der Waals surface area contributed by atoms with Gasteiger partial charge in [0.15, 0.2) is 5.82 Å². The molecule has 1 aromatic heterocycles. The van der Waals surface area contributed by atoms with E-state index in [9.17, 15) is 4.79 Å². The Labute approximate surface area is 118 Å². The summed E-state index contributed by atoms with van der Waals surface area (Å²) in [6, 6.07) is 0. The standard InChI is InChI=1S/C14H22N4O2/c1-2-17-7-3-4-10(8-17)13-15-12-6-5-11(14(19)20)9-18(12)16-13/h10-11H,2-9H2,1H3,(H,19,20). The summed E-state index contributed by atoms with van der Waals surface area (Å²) in [4.78, 5) is 18.2. The van der Waals surface area contributed by atoms with E-state index in [2.05, 4.69) is 21.9 Å². The van der Waals surface area contributed by atoms with Gasteiger partial charge in [0, 0.05) is 18.9 Å². The van der Waals surface area contributed by atoms with Crippen LogP contribution in [-0.2, 0) is 17.8 Å². The lowest BCUT2D eigenvalue weighted by Gasteiger charge is -2.30. The number of fused-ring (bicyclic) bond motifs is 1. The monoisotopic (exact) mass is 278 g/mol. The Morgan fingerprint density at radius 2 is 2.25 bits per heavy atom. The first-order valence-electron chi connectivity index (χ1n) is 7.56. The van der Waals surface area contributed by atoms with Crippen molar-refractivity contribution < 1.29 is 9.90 Å². The molecule has 20 heavy (non-hydrogen) atoms. The summed E-state index contributed by atoms with van der Waals surface area (Å²) in [5, 5.41) is 13.7. The van der Waals surface area contributed by atoms with Crippen LogP contribution in [0.4, 0.5) is 0 Å². The van der Waals surface area contributed by atoms with E-state index in [1.165, 1.54) is 13.0 Å². The molecule has 3 heterocycles. The summed E-state index contributed by atoms with van der Waals surface area (Å²) in [6.07, 6.45) is 3.75. The average Bonchev–Trinajstić information content (AvgIpc) is 2.90. The number of aliphatic carboxylic acids is 1. The lowest BCUT2D eigenvalue weighted by molar-refractivity contribution is -0.142. The van der Waals surface area contributed by atoms with E-state index in [1.807, 2.05) is 4.68 Å². The van der Waals surface area contributed by atoms with Gasteiger partial charge in [-0.05, 0) is 32.4 Å². The summed E-state index contributed by atoms with van der Waals surface area (Å²) in [5.41, 5.74) is 0. The normalized spacial score (nSPS) is 27.2. The molecule has 1 N–H and O–H groups in total. The van der Waals surface area contributed by atoms with Crippen molar-refractivity contribution in [3.63, 3.8) is 0 Å². The molecule has 0 spiro atoms. The zero-order valence-corrected chi connectivity index (χ0v) is 12.0. The van der Waals surface area contributed by atoms with Crippen LogP contribution in [0.1, 0.15) is 43.8 Å². The molecule has 1 saturated heterocycles. The van der Waals surface area contributed by atoms with Crippen LogP contribution in [0.15, 0.2) is 0 Å². The SMILES string of the molecule is CCN1CCCC(c2nc3n(n2)CC(C(=O)O)CC3)C1. The molecule has 0 amide bonds. The Kier molecular flexibility index (Phi) is 3.74. The lowest BCUT2D eigenvalue weighted by atomic mass is 9.97. The first-order valence-corrected chi connectivity index (χ1v) is 7.56. The molecule has 1 aromatic rings. The van der Waals surface area contributed by atoms with Gasteiger partial charge < -0.3 is 10.0 Å². The van der Waals surface area contributed by atoms with Gasteiger partial charge in [0.05, 0.1) is 12.5 Å². The molecule has 2 aliphatic rings. The Bertz CT molecular complexity index is 499. The van der Waals surface area contributed by atoms with Crippen LogP contribution in [-0.4, -0.2) is 50.4 Å². The number of likely N-dealkylation sites (N-methyl/N-ethyl adjacent to an activating group) is 1. The number of aryl methyl sites for hydroxylation is 1. The molecule has 1 fully saturated rings. The molecule has 0 radical (unpaired) electrons. The van der Waals surface area contributed by atoms with Crippen molar-refractivity contribution in [3.05, 3.63) is 11.6 Å². The van der Waals surface area contributed by atoms with Gasteiger partial charge in [-0.1, -0.05) is 6.92 Å². The minimum Gasteiger partial charge on any atom is -0.481 e. The highest BCUT2D eigenvalue weighted by Crippen LogP contribution is 2.26. The molecule has 2 unspecified atom stereocenters. The maximum atomic E-state index is 11.1. The highest BCUT2D eigenvalue weighted by molar-refractivity contribution is 5.70. The first-order chi connectivity index (χ1) is 9.67. The number of hydrogen-bond acceptors (Lipinski definition) is 4. The Hall–Kier alpha value is -1.43. The second-order valence-corrected chi connectivity index (χ2v) is 5.87. The molecular formula is C14H22N4O2. The topological polar surface area (TPSA) is 71.2 Å². The van der Waals surface area contributed by atoms with Gasteiger partial charge in [-0.2, -0.15) is 5.10 Å². The predicted octanol–water partition coefficient (Wildman–Crippen LogP) is 1.12. The summed E-state index contributed by atoms with van der Waals surface area (Å²) >= 11 is 0. The molecule has 3 rings (SSSR count). The molecule has 0 aliphatic carbocycles. The maximum absolute atomic E-state index is 11.1. The molecule has 2 atom stereocenters. The van der Waals surface area contributed by atoms with Gasteiger partial charge >= 0.3 is 5.97 Å². The minimum atomic E-state index is -0.720. The predicted molar refractivity (Wildman–Crippen MR) is 73.6 cm³/mol. The summed E-state index contributed by atoms with van der Waals surface area (Å²) < 4.78 is 1.82. The van der Waals surface area contributed by atoms with E-state index in [0.29, 0.717) is 18.9 Å². The van der Waals surface area contributed by atoms with Crippen LogP contribution >= 0.6 is 0 Å². The van der Waals surface area contributed by atoms with Gasteiger partial charge in [-0.3, -0.25) is 4.79 Å². The van der Waals surface area contributed by atoms with Crippen molar-refractivity contribution in [1.82, 2.24) is 19.7 Å². The van der Waals surface area contributed by atoms with Crippen LogP contribution in [0.25, 0.3) is 0 Å². The molecule has 2 aliphatic heterocycles. The number of hydrogen-bond donors (Lipinski definition) is 1. The van der Waals surface area contributed by atoms with E-state index in [0.717, 1.165) is 37.6 Å². The van der Waals surface area contributed by atoms with Crippen molar-refractivity contribution in [3.8, 4) is 0 Å². The fraction of sp³-hybridized carbons (Fsp3) is 0.786. The second-order valence-electron chi connectivity index (χ2n) is 5.87. The Balaban J connectivity index is 1.75. The fourth-order valence-corrected chi connectivity index (χ4v) is 3.26. The fourth-order valence-electron chi connectivity index (χ4n) is 3.26. The van der Waals surface area contributed by atoms with E-state index in [4.69, 9.17) is 5.11 Å². The zero-order chi connectivity index (χ0) is 14.1. The van der Waals surface area contributed by atoms with Crippen LogP contribution in [0.5, 0.6) is 0 Å². The zero-order valence-electron chi connectivity index (χ0n) is 12.0. The smallest absolute Gasteiger partial charge is 0.308 e. The van der Waals surface area contributed by atoms with Crippen LogP contribution in [0.3, 0.4) is 0 Å². The molecule has 6 heteroatoms. The molecule has 0 saturated carbocycles. The van der Waals surface area contributed by atoms with Crippen molar-refractivity contribution in [2.45, 2.75) is 45.1 Å². The number of aromatic nitrogens is 3. The molecule has 0 bridgehead atoms. The van der Waals surface area contributed by atoms with Gasteiger partial charge in [-0.25, -0.2) is 9.67 Å². The van der Waals surface area contributed by atoms with Gasteiger partial charge in [0.1, 0.15) is 5.82 Å². The van der Waals surface area contributed by atoms with E-state index in [-0.39, 0.29) is 5.92 Å². The van der Waals surface area contributed by atoms with E-state index < -0.39 is 5.97 Å². The minimum absolute atomic E-state index is 0.310. The summed E-state index contributed by atoms with van der Waals surface area (Å²) in [5.74, 6) is 1.26. The average molecular weight is 278 g/mol. The van der Waals surface area contributed by atoms with Crippen LogP contribution in [0, 0.1) is 5.92 Å². The third kappa shape index (κ3) is 2.57.